The number of rotatable bonds is 2. The molecule has 0 bridgehead atoms. The number of nitrogens with two attached hydrogens (primary N) is 1. The van der Waals surface area contributed by atoms with Gasteiger partial charge in [0.1, 0.15) is 0 Å². The maximum absolute atomic E-state index is 5.70. The molecule has 2 N–H and O–H groups in total. The van der Waals surface area contributed by atoms with Gasteiger partial charge in [0.05, 0.1) is 3.55 Å². The quantitative estimate of drug-likeness (QED) is 0.423. The fraction of sp³-hybridized carbons (Fsp3) is 1.00. The molecule has 0 heterocycles. The fourth-order valence-corrected chi connectivity index (χ4v) is 0.250. The molecule has 0 amide bonds. The van der Waals surface area contributed by atoms with Crippen molar-refractivity contribution < 1.29 is 0 Å². The zero-order valence-corrected chi connectivity index (χ0v) is 7.03. The summed E-state index contributed by atoms with van der Waals surface area (Å²) in [7, 11) is 0. The van der Waals surface area contributed by atoms with E-state index < -0.39 is 0 Å². The van der Waals surface area contributed by atoms with Gasteiger partial charge in [-0.25, -0.2) is 0 Å². The standard InChI is InChI=1S/C5H12IN/c1-3-5(6,7)4-2/h3-4,7H2,1-2H3. The molecule has 2 heteroatoms. The summed E-state index contributed by atoms with van der Waals surface area (Å²) in [6.07, 6.45) is 2.12. The first kappa shape index (κ1) is 7.69. The highest BCUT2D eigenvalue weighted by Crippen LogP contribution is 2.18. The summed E-state index contributed by atoms with van der Waals surface area (Å²) >= 11 is 2.28. The molecule has 0 aliphatic carbocycles. The Morgan fingerprint density at radius 2 is 1.71 bits per heavy atom. The molecule has 0 spiro atoms. The average Bonchev–Trinajstić information content (AvgIpc) is 1.68. The van der Waals surface area contributed by atoms with Crippen LogP contribution in [0.4, 0.5) is 0 Å². The monoisotopic (exact) mass is 213 g/mol. The molecule has 0 aromatic carbocycles. The lowest BCUT2D eigenvalue weighted by atomic mass is 10.2. The third-order valence-corrected chi connectivity index (χ3v) is 2.70. The Kier molecular flexibility index (Phi) is 3.15. The summed E-state index contributed by atoms with van der Waals surface area (Å²) in [5.74, 6) is 0. The van der Waals surface area contributed by atoms with E-state index in [1.807, 2.05) is 0 Å². The van der Waals surface area contributed by atoms with E-state index in [1.54, 1.807) is 0 Å². The van der Waals surface area contributed by atoms with Gasteiger partial charge in [-0.3, -0.25) is 0 Å². The van der Waals surface area contributed by atoms with E-state index >= 15 is 0 Å². The number of hydrogen-bond donors (Lipinski definition) is 1. The van der Waals surface area contributed by atoms with Gasteiger partial charge in [-0.05, 0) is 12.8 Å². The molecular weight excluding hydrogens is 201 g/mol. The first-order valence-corrected chi connectivity index (χ1v) is 3.68. The molecule has 7 heavy (non-hydrogen) atoms. The predicted octanol–water partition coefficient (Wildman–Crippen LogP) is 1.90. The molecular formula is C5H12IN. The van der Waals surface area contributed by atoms with Crippen molar-refractivity contribution in [1.82, 2.24) is 0 Å². The van der Waals surface area contributed by atoms with Gasteiger partial charge in [-0.1, -0.05) is 36.4 Å². The van der Waals surface area contributed by atoms with Crippen molar-refractivity contribution in [2.45, 2.75) is 30.2 Å². The van der Waals surface area contributed by atoms with Crippen LogP contribution in [0.2, 0.25) is 0 Å². The van der Waals surface area contributed by atoms with Crippen LogP contribution < -0.4 is 5.73 Å². The van der Waals surface area contributed by atoms with E-state index in [2.05, 4.69) is 36.4 Å². The molecule has 0 fully saturated rings. The van der Waals surface area contributed by atoms with E-state index in [-0.39, 0.29) is 3.55 Å². The minimum Gasteiger partial charge on any atom is -0.317 e. The van der Waals surface area contributed by atoms with Crippen molar-refractivity contribution in [3.05, 3.63) is 0 Å². The highest BCUT2D eigenvalue weighted by molar-refractivity contribution is 14.1. The summed E-state index contributed by atoms with van der Waals surface area (Å²) in [5, 5.41) is 0. The number of hydrogen-bond acceptors (Lipinski definition) is 1. The van der Waals surface area contributed by atoms with Crippen LogP contribution in [0.1, 0.15) is 26.7 Å². The molecule has 44 valence electrons. The molecule has 0 aliphatic heterocycles. The van der Waals surface area contributed by atoms with Crippen molar-refractivity contribution >= 4 is 22.6 Å². The van der Waals surface area contributed by atoms with Crippen LogP contribution >= 0.6 is 22.6 Å². The number of alkyl halides is 1. The van der Waals surface area contributed by atoms with E-state index in [0.717, 1.165) is 12.8 Å². The van der Waals surface area contributed by atoms with Crippen LogP contribution in [0.3, 0.4) is 0 Å². The third-order valence-electron chi connectivity index (χ3n) is 1.18. The minimum absolute atomic E-state index is 0.0533. The summed E-state index contributed by atoms with van der Waals surface area (Å²) in [5.41, 5.74) is 5.70. The smallest absolute Gasteiger partial charge is 0.0675 e. The van der Waals surface area contributed by atoms with Crippen molar-refractivity contribution in [3.8, 4) is 0 Å². The van der Waals surface area contributed by atoms with Gasteiger partial charge < -0.3 is 5.73 Å². The molecule has 0 aliphatic rings. The first-order chi connectivity index (χ1) is 3.12. The molecule has 0 saturated carbocycles. The van der Waals surface area contributed by atoms with Crippen LogP contribution in [0.25, 0.3) is 0 Å². The van der Waals surface area contributed by atoms with Gasteiger partial charge in [0, 0.05) is 0 Å². The SMILES string of the molecule is CCC(N)(I)CC. The molecule has 0 rings (SSSR count). The highest BCUT2D eigenvalue weighted by Gasteiger charge is 2.12. The van der Waals surface area contributed by atoms with Gasteiger partial charge in [-0.2, -0.15) is 0 Å². The zero-order chi connectivity index (χ0) is 5.91. The van der Waals surface area contributed by atoms with Crippen LogP contribution in [0.15, 0.2) is 0 Å². The molecule has 0 aromatic heterocycles. The van der Waals surface area contributed by atoms with Gasteiger partial charge in [0.25, 0.3) is 0 Å². The largest absolute Gasteiger partial charge is 0.317 e. The molecule has 0 radical (unpaired) electrons. The second-order valence-corrected chi connectivity index (χ2v) is 3.89. The van der Waals surface area contributed by atoms with Crippen molar-refractivity contribution in [3.63, 3.8) is 0 Å². The Morgan fingerprint density at radius 3 is 1.71 bits per heavy atom. The molecule has 0 unspecified atom stereocenters. The number of halogens is 1. The van der Waals surface area contributed by atoms with E-state index in [9.17, 15) is 0 Å². The van der Waals surface area contributed by atoms with Gasteiger partial charge in [0.15, 0.2) is 0 Å². The summed E-state index contributed by atoms with van der Waals surface area (Å²) in [6.45, 7) is 4.21. The van der Waals surface area contributed by atoms with E-state index in [4.69, 9.17) is 5.73 Å². The maximum Gasteiger partial charge on any atom is 0.0675 e. The Bertz CT molecular complexity index is 46.0. The average molecular weight is 213 g/mol. The molecule has 0 atom stereocenters. The first-order valence-electron chi connectivity index (χ1n) is 2.60. The second kappa shape index (κ2) is 2.87. The second-order valence-electron chi connectivity index (χ2n) is 1.74. The van der Waals surface area contributed by atoms with Crippen molar-refractivity contribution in [2.24, 2.45) is 5.73 Å². The zero-order valence-electron chi connectivity index (χ0n) is 4.87. The van der Waals surface area contributed by atoms with Crippen LogP contribution in [0.5, 0.6) is 0 Å². The lowest BCUT2D eigenvalue weighted by Crippen LogP contribution is -2.29. The summed E-state index contributed by atoms with van der Waals surface area (Å²) in [6, 6.07) is 0. The van der Waals surface area contributed by atoms with E-state index in [0.29, 0.717) is 0 Å². The molecule has 1 nitrogen and oxygen atoms in total. The van der Waals surface area contributed by atoms with Crippen molar-refractivity contribution in [1.29, 1.82) is 0 Å². The van der Waals surface area contributed by atoms with Gasteiger partial charge in [-0.15, -0.1) is 0 Å². The molecule has 0 aromatic rings. The Balaban J connectivity index is 3.36. The normalized spacial score (nSPS) is 12.0. The summed E-state index contributed by atoms with van der Waals surface area (Å²) < 4.78 is 0.0533. The third kappa shape index (κ3) is 3.29. The lowest BCUT2D eigenvalue weighted by Gasteiger charge is -2.16. The van der Waals surface area contributed by atoms with Crippen LogP contribution in [-0.2, 0) is 0 Å². The van der Waals surface area contributed by atoms with E-state index in [1.165, 1.54) is 0 Å². The Morgan fingerprint density at radius 1 is 1.43 bits per heavy atom. The topological polar surface area (TPSA) is 26.0 Å². The maximum atomic E-state index is 5.70. The highest BCUT2D eigenvalue weighted by atomic mass is 127. The molecule has 0 saturated heterocycles. The van der Waals surface area contributed by atoms with Crippen LogP contribution in [0, 0.1) is 0 Å². The Hall–Kier alpha value is 0.690. The van der Waals surface area contributed by atoms with Gasteiger partial charge in [0.2, 0.25) is 0 Å². The summed E-state index contributed by atoms with van der Waals surface area (Å²) in [4.78, 5) is 0. The van der Waals surface area contributed by atoms with Crippen molar-refractivity contribution in [2.75, 3.05) is 0 Å². The van der Waals surface area contributed by atoms with Gasteiger partial charge >= 0.3 is 0 Å². The Labute approximate surface area is 58.8 Å². The predicted molar refractivity (Wildman–Crippen MR) is 41.5 cm³/mol. The minimum atomic E-state index is 0.0533. The van der Waals surface area contributed by atoms with Crippen LogP contribution in [-0.4, -0.2) is 3.55 Å². The fourth-order valence-electron chi connectivity index (χ4n) is 0.250. The lowest BCUT2D eigenvalue weighted by molar-refractivity contribution is 0.602.